The maximum absolute atomic E-state index is 13.0. The van der Waals surface area contributed by atoms with E-state index in [2.05, 4.69) is 9.97 Å². The smallest absolute Gasteiger partial charge is 0.236 e. The lowest BCUT2D eigenvalue weighted by Gasteiger charge is -1.94. The van der Waals surface area contributed by atoms with Gasteiger partial charge >= 0.3 is 0 Å². The molecule has 60 valence electrons. The molecule has 0 aliphatic rings. The quantitative estimate of drug-likeness (QED) is 0.461. The van der Waals surface area contributed by atoms with Crippen LogP contribution in [0, 0.1) is 5.95 Å². The maximum Gasteiger partial charge on any atom is 0.236 e. The Morgan fingerprint density at radius 1 is 1.50 bits per heavy atom. The van der Waals surface area contributed by atoms with Gasteiger partial charge in [-0.25, -0.2) is 14.4 Å². The fourth-order valence-electron chi connectivity index (χ4n) is 0.988. The molecule has 12 heavy (non-hydrogen) atoms. The zero-order chi connectivity index (χ0) is 8.55. The highest BCUT2D eigenvalue weighted by atomic mass is 19.1. The fraction of sp³-hybridized carbons (Fsp3) is 0. The molecule has 0 saturated carbocycles. The summed E-state index contributed by atoms with van der Waals surface area (Å²) in [5, 5.41) is 0. The number of hydrogen-bond acceptors (Lipinski definition) is 3. The van der Waals surface area contributed by atoms with Crippen molar-refractivity contribution in [2.45, 2.75) is 0 Å². The Hall–Kier alpha value is -1.78. The average Bonchev–Trinajstić information content (AvgIpc) is 2.49. The monoisotopic (exact) mass is 165 g/mol. The van der Waals surface area contributed by atoms with Crippen LogP contribution in [0.5, 0.6) is 0 Å². The third-order valence-corrected chi connectivity index (χ3v) is 1.51. The van der Waals surface area contributed by atoms with Crippen molar-refractivity contribution in [3.8, 4) is 0 Å². The van der Waals surface area contributed by atoms with Crippen molar-refractivity contribution in [1.82, 2.24) is 14.4 Å². The van der Waals surface area contributed by atoms with Crippen LogP contribution in [0.15, 0.2) is 18.5 Å². The van der Waals surface area contributed by atoms with E-state index in [1.165, 1.54) is 18.5 Å². The van der Waals surface area contributed by atoms with Gasteiger partial charge in [0.05, 0.1) is 6.20 Å². The molecule has 5 heteroatoms. The largest absolute Gasteiger partial charge is 0.296 e. The standard InChI is InChI=1S/C7H4FN3O/c8-6-1-2-9-7-10-3-5(4-12)11(6)7/h1-4H. The minimum Gasteiger partial charge on any atom is -0.296 e. The van der Waals surface area contributed by atoms with Crippen molar-refractivity contribution in [1.29, 1.82) is 0 Å². The fourth-order valence-corrected chi connectivity index (χ4v) is 0.988. The van der Waals surface area contributed by atoms with Crippen LogP contribution in [0.2, 0.25) is 0 Å². The maximum atomic E-state index is 13.0. The highest BCUT2D eigenvalue weighted by molar-refractivity contribution is 5.73. The van der Waals surface area contributed by atoms with Gasteiger partial charge in [-0.3, -0.25) is 4.79 Å². The van der Waals surface area contributed by atoms with E-state index in [0.29, 0.717) is 6.29 Å². The lowest BCUT2D eigenvalue weighted by molar-refractivity contribution is 0.111. The molecule has 0 atom stereocenters. The summed E-state index contributed by atoms with van der Waals surface area (Å²) in [6, 6.07) is 1.17. The molecule has 2 aromatic rings. The summed E-state index contributed by atoms with van der Waals surface area (Å²) in [5.74, 6) is -0.350. The third-order valence-electron chi connectivity index (χ3n) is 1.51. The Morgan fingerprint density at radius 2 is 2.33 bits per heavy atom. The summed E-state index contributed by atoms with van der Waals surface area (Å²) in [6.07, 6.45) is 3.11. The van der Waals surface area contributed by atoms with E-state index >= 15 is 0 Å². The number of aldehydes is 1. The molecular formula is C7H4FN3O. The van der Waals surface area contributed by atoms with E-state index in [-0.39, 0.29) is 11.5 Å². The Balaban J connectivity index is 2.91. The molecule has 0 fully saturated rings. The minimum absolute atomic E-state index is 0.163. The number of halogens is 1. The van der Waals surface area contributed by atoms with Crippen LogP contribution >= 0.6 is 0 Å². The van der Waals surface area contributed by atoms with Crippen LogP contribution in [0.1, 0.15) is 10.5 Å². The van der Waals surface area contributed by atoms with Gasteiger partial charge < -0.3 is 0 Å². The first-order valence-electron chi connectivity index (χ1n) is 3.26. The molecule has 0 unspecified atom stereocenters. The SMILES string of the molecule is O=Cc1cnc2nccc(F)n12. The van der Waals surface area contributed by atoms with Crippen LogP contribution in [0.3, 0.4) is 0 Å². The molecule has 0 bridgehead atoms. The molecule has 0 N–H and O–H groups in total. The predicted octanol–water partition coefficient (Wildman–Crippen LogP) is 0.681. The number of fused-ring (bicyclic) bond motifs is 1. The Kier molecular flexibility index (Phi) is 1.36. The molecule has 4 nitrogen and oxygen atoms in total. The number of nitrogens with zero attached hydrogens (tertiary/aromatic N) is 3. The second-order valence-electron chi connectivity index (χ2n) is 2.20. The third kappa shape index (κ3) is 0.795. The van der Waals surface area contributed by atoms with Crippen LogP contribution in [0.25, 0.3) is 5.78 Å². The minimum atomic E-state index is -0.542. The number of aromatic nitrogens is 3. The zero-order valence-electron chi connectivity index (χ0n) is 5.94. The van der Waals surface area contributed by atoms with Gasteiger partial charge in [-0.05, 0) is 0 Å². The summed E-state index contributed by atoms with van der Waals surface area (Å²) < 4.78 is 14.0. The number of imidazole rings is 1. The highest BCUT2D eigenvalue weighted by Gasteiger charge is 2.05. The van der Waals surface area contributed by atoms with E-state index in [1.807, 2.05) is 0 Å². The van der Waals surface area contributed by atoms with Gasteiger partial charge in [0.2, 0.25) is 11.7 Å². The second-order valence-corrected chi connectivity index (χ2v) is 2.20. The van der Waals surface area contributed by atoms with E-state index < -0.39 is 5.95 Å². The van der Waals surface area contributed by atoms with Crippen LogP contribution in [0.4, 0.5) is 4.39 Å². The van der Waals surface area contributed by atoms with Crippen molar-refractivity contribution >= 4 is 12.1 Å². The molecule has 2 heterocycles. The van der Waals surface area contributed by atoms with E-state index in [0.717, 1.165) is 4.40 Å². The van der Waals surface area contributed by atoms with Crippen LogP contribution in [-0.2, 0) is 0 Å². The molecule has 0 radical (unpaired) electrons. The Bertz CT molecular complexity index is 437. The first kappa shape index (κ1) is 6.90. The van der Waals surface area contributed by atoms with Gasteiger partial charge in [-0.1, -0.05) is 0 Å². The number of carbonyl (C=O) groups is 1. The number of carbonyl (C=O) groups excluding carboxylic acids is 1. The Labute approximate surface area is 66.7 Å². The molecule has 0 amide bonds. The second kappa shape index (κ2) is 2.37. The zero-order valence-corrected chi connectivity index (χ0v) is 5.94. The summed E-state index contributed by atoms with van der Waals surface area (Å²) in [4.78, 5) is 17.9. The Morgan fingerprint density at radius 3 is 3.08 bits per heavy atom. The average molecular weight is 165 g/mol. The topological polar surface area (TPSA) is 47.3 Å². The molecule has 2 aromatic heterocycles. The van der Waals surface area contributed by atoms with Gasteiger partial charge in [0.1, 0.15) is 5.69 Å². The number of rotatable bonds is 1. The lowest BCUT2D eigenvalue weighted by Crippen LogP contribution is -1.97. The molecule has 0 aliphatic heterocycles. The molecule has 0 saturated heterocycles. The van der Waals surface area contributed by atoms with Gasteiger partial charge in [-0.15, -0.1) is 0 Å². The van der Waals surface area contributed by atoms with Crippen molar-refractivity contribution < 1.29 is 9.18 Å². The summed E-state index contributed by atoms with van der Waals surface area (Å²) in [6.45, 7) is 0. The van der Waals surface area contributed by atoms with Crippen molar-refractivity contribution in [3.63, 3.8) is 0 Å². The molecule has 2 rings (SSSR count). The highest BCUT2D eigenvalue weighted by Crippen LogP contribution is 2.04. The molecule has 0 spiro atoms. The van der Waals surface area contributed by atoms with Gasteiger partial charge in [-0.2, -0.15) is 4.39 Å². The molecule has 0 aromatic carbocycles. The first-order chi connectivity index (χ1) is 5.83. The number of hydrogen-bond donors (Lipinski definition) is 0. The lowest BCUT2D eigenvalue weighted by atomic mass is 10.5. The van der Waals surface area contributed by atoms with E-state index in [9.17, 15) is 9.18 Å². The van der Waals surface area contributed by atoms with Crippen molar-refractivity contribution in [2.24, 2.45) is 0 Å². The van der Waals surface area contributed by atoms with Crippen molar-refractivity contribution in [3.05, 3.63) is 30.1 Å². The van der Waals surface area contributed by atoms with Gasteiger partial charge in [0, 0.05) is 12.3 Å². The summed E-state index contributed by atoms with van der Waals surface area (Å²) in [5.41, 5.74) is 0.163. The first-order valence-corrected chi connectivity index (χ1v) is 3.26. The van der Waals surface area contributed by atoms with Crippen molar-refractivity contribution in [2.75, 3.05) is 0 Å². The predicted molar refractivity (Wildman–Crippen MR) is 38.3 cm³/mol. The van der Waals surface area contributed by atoms with Crippen LogP contribution in [-0.4, -0.2) is 20.7 Å². The normalized spacial score (nSPS) is 10.4. The van der Waals surface area contributed by atoms with E-state index in [4.69, 9.17) is 0 Å². The van der Waals surface area contributed by atoms with Gasteiger partial charge in [0.15, 0.2) is 6.29 Å². The molecule has 0 aliphatic carbocycles. The molecular weight excluding hydrogens is 161 g/mol. The summed E-state index contributed by atoms with van der Waals surface area (Å²) >= 11 is 0. The van der Waals surface area contributed by atoms with Gasteiger partial charge in [0.25, 0.3) is 0 Å². The van der Waals surface area contributed by atoms with E-state index in [1.54, 1.807) is 0 Å². The summed E-state index contributed by atoms with van der Waals surface area (Å²) in [7, 11) is 0. The van der Waals surface area contributed by atoms with Crippen LogP contribution < -0.4 is 0 Å².